The SMILES string of the molecule is Cn1ccc(Nc2ncc[c]([Sn]([CH3])([CH3])[CH3])n2)n1. The first kappa shape index (κ1) is 12.3. The van der Waals surface area contributed by atoms with Crippen LogP contribution in [0.2, 0.25) is 14.8 Å². The van der Waals surface area contributed by atoms with E-state index in [4.69, 9.17) is 0 Å². The van der Waals surface area contributed by atoms with E-state index in [0.29, 0.717) is 5.95 Å². The summed E-state index contributed by atoms with van der Waals surface area (Å²) >= 11 is -2.12. The zero-order valence-corrected chi connectivity index (χ0v) is 13.5. The molecule has 0 spiro atoms. The Morgan fingerprint density at radius 3 is 2.59 bits per heavy atom. The maximum atomic E-state index is 4.57. The summed E-state index contributed by atoms with van der Waals surface area (Å²) in [6, 6.07) is 3.93. The van der Waals surface area contributed by atoms with E-state index < -0.39 is 18.4 Å². The Kier molecular flexibility index (Phi) is 3.37. The molecule has 2 aromatic rings. The van der Waals surface area contributed by atoms with Gasteiger partial charge in [-0.2, -0.15) is 0 Å². The monoisotopic (exact) mass is 339 g/mol. The molecule has 0 aromatic carbocycles. The summed E-state index contributed by atoms with van der Waals surface area (Å²) in [5.41, 5.74) is 0. The van der Waals surface area contributed by atoms with Gasteiger partial charge in [0.2, 0.25) is 0 Å². The molecular weight excluding hydrogens is 321 g/mol. The van der Waals surface area contributed by atoms with E-state index in [1.165, 1.54) is 3.71 Å². The number of anilines is 2. The van der Waals surface area contributed by atoms with Crippen LogP contribution in [0.4, 0.5) is 11.8 Å². The standard InChI is InChI=1S/C8H8N5.3CH3.Sn/c1-13-6-3-7(12-13)11-8-9-4-2-5-10-8;;;;/h2-4,6H,1H3,(H,9,10,11,12);3*1H3;. The van der Waals surface area contributed by atoms with Crippen molar-refractivity contribution >= 4 is 33.9 Å². The van der Waals surface area contributed by atoms with Crippen molar-refractivity contribution in [3.63, 3.8) is 0 Å². The number of hydrogen-bond acceptors (Lipinski definition) is 4. The minimum absolute atomic E-state index is 0.632. The van der Waals surface area contributed by atoms with Crippen LogP contribution in [0.15, 0.2) is 24.5 Å². The summed E-state index contributed by atoms with van der Waals surface area (Å²) in [6.45, 7) is 0. The molecule has 2 rings (SSSR count). The van der Waals surface area contributed by atoms with Gasteiger partial charge in [0.05, 0.1) is 0 Å². The van der Waals surface area contributed by atoms with Crippen LogP contribution in [0.3, 0.4) is 0 Å². The number of nitrogens with one attached hydrogen (secondary N) is 1. The molecule has 0 aliphatic carbocycles. The summed E-state index contributed by atoms with van der Waals surface area (Å²) < 4.78 is 2.96. The van der Waals surface area contributed by atoms with Gasteiger partial charge in [0, 0.05) is 0 Å². The molecule has 17 heavy (non-hydrogen) atoms. The average Bonchev–Trinajstić information content (AvgIpc) is 2.63. The first-order valence-electron chi connectivity index (χ1n) is 5.55. The molecular formula is C11H17N5Sn. The predicted molar refractivity (Wildman–Crippen MR) is 71.5 cm³/mol. The first-order chi connectivity index (χ1) is 7.95. The van der Waals surface area contributed by atoms with Crippen LogP contribution in [0.25, 0.3) is 0 Å². The molecule has 0 aliphatic heterocycles. The number of hydrogen-bond donors (Lipinski definition) is 1. The Morgan fingerprint density at radius 2 is 2.00 bits per heavy atom. The Hall–Kier alpha value is -1.11. The van der Waals surface area contributed by atoms with Gasteiger partial charge in [-0.05, 0) is 0 Å². The Balaban J connectivity index is 2.22. The van der Waals surface area contributed by atoms with Crippen LogP contribution < -0.4 is 9.03 Å². The molecule has 1 N–H and O–H groups in total. The average molecular weight is 338 g/mol. The van der Waals surface area contributed by atoms with Gasteiger partial charge in [-0.15, -0.1) is 0 Å². The van der Waals surface area contributed by atoms with Crippen LogP contribution >= 0.6 is 0 Å². The Bertz CT molecular complexity index is 515. The molecule has 0 amide bonds. The molecule has 0 saturated heterocycles. The molecule has 2 heterocycles. The van der Waals surface area contributed by atoms with Crippen LogP contribution in [-0.2, 0) is 7.05 Å². The van der Waals surface area contributed by atoms with Crippen molar-refractivity contribution in [2.24, 2.45) is 7.05 Å². The molecule has 0 fully saturated rings. The van der Waals surface area contributed by atoms with Crippen molar-refractivity contribution in [1.82, 2.24) is 19.7 Å². The molecule has 0 bridgehead atoms. The van der Waals surface area contributed by atoms with Crippen molar-refractivity contribution in [3.05, 3.63) is 24.5 Å². The molecule has 0 unspecified atom stereocenters. The van der Waals surface area contributed by atoms with E-state index >= 15 is 0 Å². The van der Waals surface area contributed by atoms with Crippen molar-refractivity contribution in [1.29, 1.82) is 0 Å². The van der Waals surface area contributed by atoms with Gasteiger partial charge < -0.3 is 0 Å². The van der Waals surface area contributed by atoms with Crippen molar-refractivity contribution in [2.45, 2.75) is 14.8 Å². The summed E-state index contributed by atoms with van der Waals surface area (Å²) in [7, 11) is 1.88. The normalized spacial score (nSPS) is 11.5. The summed E-state index contributed by atoms with van der Waals surface area (Å²) in [5, 5.41) is 7.36. The van der Waals surface area contributed by atoms with Gasteiger partial charge in [-0.25, -0.2) is 0 Å². The van der Waals surface area contributed by atoms with Crippen molar-refractivity contribution in [2.75, 3.05) is 5.32 Å². The fourth-order valence-electron chi connectivity index (χ4n) is 1.43. The number of rotatable bonds is 3. The first-order valence-corrected chi connectivity index (χ1v) is 15.5. The third-order valence-electron chi connectivity index (χ3n) is 2.38. The number of aromatic nitrogens is 4. The van der Waals surface area contributed by atoms with Gasteiger partial charge in [0.25, 0.3) is 0 Å². The van der Waals surface area contributed by atoms with E-state index in [-0.39, 0.29) is 0 Å². The van der Waals surface area contributed by atoms with Crippen LogP contribution in [0.1, 0.15) is 0 Å². The Labute approximate surface area is 105 Å². The van der Waals surface area contributed by atoms with Crippen LogP contribution in [0, 0.1) is 0 Å². The second kappa shape index (κ2) is 4.64. The fourth-order valence-corrected chi connectivity index (χ4v) is 4.33. The molecule has 0 atom stereocenters. The molecule has 6 heteroatoms. The van der Waals surface area contributed by atoms with Gasteiger partial charge in [-0.1, -0.05) is 0 Å². The Morgan fingerprint density at radius 1 is 1.24 bits per heavy atom. The molecule has 0 aliphatic rings. The molecule has 0 radical (unpaired) electrons. The zero-order valence-electron chi connectivity index (χ0n) is 10.6. The second-order valence-corrected chi connectivity index (χ2v) is 19.3. The summed E-state index contributed by atoms with van der Waals surface area (Å²) in [4.78, 5) is 15.8. The quantitative estimate of drug-likeness (QED) is 0.862. The van der Waals surface area contributed by atoms with Crippen molar-refractivity contribution in [3.8, 4) is 0 Å². The predicted octanol–water partition coefficient (Wildman–Crippen LogP) is 1.50. The molecule has 90 valence electrons. The number of nitrogens with zero attached hydrogens (tertiary/aromatic N) is 4. The minimum atomic E-state index is -2.12. The van der Waals surface area contributed by atoms with E-state index in [9.17, 15) is 0 Å². The van der Waals surface area contributed by atoms with E-state index in [0.717, 1.165) is 5.82 Å². The van der Waals surface area contributed by atoms with Crippen molar-refractivity contribution < 1.29 is 0 Å². The fraction of sp³-hybridized carbons (Fsp3) is 0.364. The van der Waals surface area contributed by atoms with E-state index in [1.807, 2.05) is 31.6 Å². The summed E-state index contributed by atoms with van der Waals surface area (Å²) in [5.74, 6) is 1.40. The topological polar surface area (TPSA) is 55.6 Å². The molecule has 2 aromatic heterocycles. The third kappa shape index (κ3) is 3.18. The van der Waals surface area contributed by atoms with Gasteiger partial charge in [0.15, 0.2) is 0 Å². The van der Waals surface area contributed by atoms with Gasteiger partial charge >= 0.3 is 105 Å². The maximum absolute atomic E-state index is 4.57. The van der Waals surface area contributed by atoms with Crippen LogP contribution in [0.5, 0.6) is 0 Å². The van der Waals surface area contributed by atoms with E-state index in [2.05, 4.69) is 35.2 Å². The third-order valence-corrected chi connectivity index (χ3v) is 7.56. The molecule has 0 saturated carbocycles. The van der Waals surface area contributed by atoms with Gasteiger partial charge in [-0.3, -0.25) is 0 Å². The molecule has 5 nitrogen and oxygen atoms in total. The summed E-state index contributed by atoms with van der Waals surface area (Å²) in [6.07, 6.45) is 3.70. The van der Waals surface area contributed by atoms with Gasteiger partial charge in [0.1, 0.15) is 0 Å². The second-order valence-electron chi connectivity index (χ2n) is 5.02. The number of aryl methyl sites for hydroxylation is 1. The van der Waals surface area contributed by atoms with Crippen LogP contribution in [-0.4, -0.2) is 38.1 Å². The van der Waals surface area contributed by atoms with E-state index in [1.54, 1.807) is 4.68 Å². The zero-order chi connectivity index (χ0) is 12.5.